The van der Waals surface area contributed by atoms with E-state index in [0.29, 0.717) is 11.5 Å². The number of benzene rings is 1. The lowest BCUT2D eigenvalue weighted by atomic mass is 10.2. The van der Waals surface area contributed by atoms with Crippen LogP contribution >= 0.6 is 27.5 Å². The number of aryl methyl sites for hydroxylation is 1. The molecular weight excluding hydrogens is 357 g/mol. The van der Waals surface area contributed by atoms with Crippen LogP contribution in [0.3, 0.4) is 0 Å². The molecule has 2 aromatic rings. The molecule has 1 heterocycles. The third-order valence-corrected chi connectivity index (χ3v) is 3.95. The van der Waals surface area contributed by atoms with Crippen LogP contribution in [-0.2, 0) is 6.18 Å². The predicted molar refractivity (Wildman–Crippen MR) is 76.4 cm³/mol. The fourth-order valence-corrected chi connectivity index (χ4v) is 2.11. The zero-order valence-electron chi connectivity index (χ0n) is 10.2. The van der Waals surface area contributed by atoms with Gasteiger partial charge in [0.2, 0.25) is 0 Å². The Hall–Kier alpha value is -1.27. The van der Waals surface area contributed by atoms with E-state index < -0.39 is 11.7 Å². The molecule has 0 aliphatic carbocycles. The van der Waals surface area contributed by atoms with Crippen LogP contribution in [0.2, 0.25) is 5.02 Å². The van der Waals surface area contributed by atoms with Crippen molar-refractivity contribution < 1.29 is 13.2 Å². The Kier molecular flexibility index (Phi) is 4.25. The summed E-state index contributed by atoms with van der Waals surface area (Å²) in [6.45, 7) is 1.88. The van der Waals surface area contributed by atoms with E-state index in [1.807, 2.05) is 13.0 Å². The molecular formula is C13H9BrClF3N2. The molecule has 0 aliphatic heterocycles. The van der Waals surface area contributed by atoms with Gasteiger partial charge < -0.3 is 5.32 Å². The summed E-state index contributed by atoms with van der Waals surface area (Å²) in [5, 5.41) is 2.88. The second-order valence-corrected chi connectivity index (χ2v) is 5.31. The number of pyridine rings is 1. The highest BCUT2D eigenvalue weighted by Gasteiger charge is 2.30. The van der Waals surface area contributed by atoms with Crippen molar-refractivity contribution in [3.8, 4) is 0 Å². The first kappa shape index (κ1) is 15.1. The summed E-state index contributed by atoms with van der Waals surface area (Å²) >= 11 is 9.23. The molecule has 106 valence electrons. The molecule has 2 nitrogen and oxygen atoms in total. The summed E-state index contributed by atoms with van der Waals surface area (Å²) in [7, 11) is 0. The molecule has 1 aromatic carbocycles. The van der Waals surface area contributed by atoms with Crippen LogP contribution < -0.4 is 5.32 Å². The Morgan fingerprint density at radius 1 is 1.25 bits per heavy atom. The second-order valence-electron chi connectivity index (χ2n) is 4.11. The van der Waals surface area contributed by atoms with Crippen LogP contribution in [0.25, 0.3) is 0 Å². The Balaban J connectivity index is 2.33. The summed E-state index contributed by atoms with van der Waals surface area (Å²) in [4.78, 5) is 4.11. The van der Waals surface area contributed by atoms with Crippen molar-refractivity contribution in [3.05, 3.63) is 51.1 Å². The maximum absolute atomic E-state index is 12.5. The number of hydrogen-bond donors (Lipinski definition) is 1. The van der Waals surface area contributed by atoms with Crippen LogP contribution in [0.4, 0.5) is 24.7 Å². The zero-order chi connectivity index (χ0) is 14.9. The van der Waals surface area contributed by atoms with E-state index in [0.717, 1.165) is 22.2 Å². The zero-order valence-corrected chi connectivity index (χ0v) is 12.6. The number of rotatable bonds is 2. The number of nitrogens with one attached hydrogen (secondary N) is 1. The molecule has 0 saturated heterocycles. The Morgan fingerprint density at radius 2 is 1.95 bits per heavy atom. The molecule has 0 spiro atoms. The van der Waals surface area contributed by atoms with Crippen LogP contribution in [-0.4, -0.2) is 4.98 Å². The first-order valence-electron chi connectivity index (χ1n) is 5.54. The molecule has 0 atom stereocenters. The van der Waals surface area contributed by atoms with Crippen molar-refractivity contribution in [1.29, 1.82) is 0 Å². The van der Waals surface area contributed by atoms with Gasteiger partial charge in [-0.1, -0.05) is 11.6 Å². The summed E-state index contributed by atoms with van der Waals surface area (Å²) in [6, 6.07) is 4.94. The van der Waals surface area contributed by atoms with Crippen LogP contribution in [0.1, 0.15) is 11.1 Å². The van der Waals surface area contributed by atoms with Crippen LogP contribution in [0, 0.1) is 6.92 Å². The summed E-state index contributed by atoms with van der Waals surface area (Å²) in [6.07, 6.45) is -2.81. The van der Waals surface area contributed by atoms with Gasteiger partial charge in [0.15, 0.2) is 0 Å². The average Bonchev–Trinajstić information content (AvgIpc) is 2.36. The lowest BCUT2D eigenvalue weighted by molar-refractivity contribution is -0.137. The highest BCUT2D eigenvalue weighted by atomic mass is 79.9. The van der Waals surface area contributed by atoms with Crippen molar-refractivity contribution in [3.63, 3.8) is 0 Å². The quantitative estimate of drug-likeness (QED) is 0.753. The minimum absolute atomic E-state index is 0.0185. The van der Waals surface area contributed by atoms with Gasteiger partial charge in [0.05, 0.1) is 20.7 Å². The number of anilines is 2. The highest BCUT2D eigenvalue weighted by molar-refractivity contribution is 9.10. The first-order chi connectivity index (χ1) is 9.29. The lowest BCUT2D eigenvalue weighted by Gasteiger charge is -2.12. The van der Waals surface area contributed by atoms with Gasteiger partial charge in [-0.2, -0.15) is 13.2 Å². The topological polar surface area (TPSA) is 24.9 Å². The molecule has 0 amide bonds. The van der Waals surface area contributed by atoms with Crippen LogP contribution in [0.15, 0.2) is 34.9 Å². The maximum Gasteiger partial charge on any atom is 0.416 e. The van der Waals surface area contributed by atoms with Crippen molar-refractivity contribution in [1.82, 2.24) is 4.98 Å². The lowest BCUT2D eigenvalue weighted by Crippen LogP contribution is -2.05. The maximum atomic E-state index is 12.5. The summed E-state index contributed by atoms with van der Waals surface area (Å²) in [5.74, 6) is 0.492. The molecule has 0 aliphatic rings. The van der Waals surface area contributed by atoms with Gasteiger partial charge in [0.1, 0.15) is 5.82 Å². The standard InChI is InChI=1S/C13H9BrClF3N2/c1-7-4-5-19-12(11(7)14)20-10-3-2-8(6-9(10)15)13(16,17)18/h2-6H,1H3,(H,19,20). The fourth-order valence-electron chi connectivity index (χ4n) is 1.55. The average molecular weight is 366 g/mol. The van der Waals surface area contributed by atoms with Gasteiger partial charge in [0, 0.05) is 6.20 Å². The van der Waals surface area contributed by atoms with Gasteiger partial charge in [-0.25, -0.2) is 4.98 Å². The Morgan fingerprint density at radius 3 is 2.55 bits per heavy atom. The number of nitrogens with zero attached hydrogens (tertiary/aromatic N) is 1. The highest BCUT2D eigenvalue weighted by Crippen LogP contribution is 2.35. The molecule has 0 saturated carbocycles. The smallest absolute Gasteiger partial charge is 0.338 e. The minimum atomic E-state index is -4.41. The largest absolute Gasteiger partial charge is 0.416 e. The molecule has 0 fully saturated rings. The third-order valence-electron chi connectivity index (χ3n) is 2.63. The molecule has 2 rings (SSSR count). The molecule has 1 N–H and O–H groups in total. The predicted octanol–water partition coefficient (Wildman–Crippen LogP) is 5.57. The van der Waals surface area contributed by atoms with Crippen molar-refractivity contribution in [2.45, 2.75) is 13.1 Å². The van der Waals surface area contributed by atoms with E-state index in [9.17, 15) is 13.2 Å². The van der Waals surface area contributed by atoms with E-state index in [4.69, 9.17) is 11.6 Å². The minimum Gasteiger partial charge on any atom is -0.338 e. The number of alkyl halides is 3. The summed E-state index contributed by atoms with van der Waals surface area (Å²) in [5.41, 5.74) is 0.522. The van der Waals surface area contributed by atoms with Gasteiger partial charge in [0.25, 0.3) is 0 Å². The number of aromatic nitrogens is 1. The molecule has 0 unspecified atom stereocenters. The molecule has 20 heavy (non-hydrogen) atoms. The van der Waals surface area contributed by atoms with Crippen LogP contribution in [0.5, 0.6) is 0 Å². The number of halogens is 5. The molecule has 1 aromatic heterocycles. The van der Waals surface area contributed by atoms with Gasteiger partial charge in [-0.3, -0.25) is 0 Å². The molecule has 0 bridgehead atoms. The van der Waals surface area contributed by atoms with Gasteiger partial charge in [-0.15, -0.1) is 0 Å². The van der Waals surface area contributed by atoms with Crippen molar-refractivity contribution >= 4 is 39.0 Å². The van der Waals surface area contributed by atoms with E-state index in [1.165, 1.54) is 6.07 Å². The SMILES string of the molecule is Cc1ccnc(Nc2ccc(C(F)(F)F)cc2Cl)c1Br. The van der Waals surface area contributed by atoms with E-state index in [1.54, 1.807) is 6.20 Å². The van der Waals surface area contributed by atoms with Gasteiger partial charge >= 0.3 is 6.18 Å². The summed E-state index contributed by atoms with van der Waals surface area (Å²) < 4.78 is 38.4. The van der Waals surface area contributed by atoms with Gasteiger partial charge in [-0.05, 0) is 52.7 Å². The van der Waals surface area contributed by atoms with Crippen molar-refractivity contribution in [2.24, 2.45) is 0 Å². The Bertz CT molecular complexity index is 644. The molecule has 7 heteroatoms. The number of hydrogen-bond acceptors (Lipinski definition) is 2. The molecule has 0 radical (unpaired) electrons. The monoisotopic (exact) mass is 364 g/mol. The van der Waals surface area contributed by atoms with E-state index in [2.05, 4.69) is 26.2 Å². The van der Waals surface area contributed by atoms with E-state index >= 15 is 0 Å². The second kappa shape index (κ2) is 5.61. The third kappa shape index (κ3) is 3.24. The van der Waals surface area contributed by atoms with E-state index in [-0.39, 0.29) is 5.02 Å². The normalized spacial score (nSPS) is 11.5. The Labute approximate surface area is 127 Å². The fraction of sp³-hybridized carbons (Fsp3) is 0.154. The van der Waals surface area contributed by atoms with Crippen molar-refractivity contribution in [2.75, 3.05) is 5.32 Å². The first-order valence-corrected chi connectivity index (χ1v) is 6.71.